The molecule has 168 valence electrons. The Balaban J connectivity index is 1.53. The van der Waals surface area contributed by atoms with Gasteiger partial charge in [-0.2, -0.15) is 5.10 Å². The number of hydrogen-bond donors (Lipinski definition) is 1. The number of imidazole rings is 1. The Hall–Kier alpha value is -4.13. The van der Waals surface area contributed by atoms with Crippen molar-refractivity contribution in [2.45, 2.75) is 19.9 Å². The number of nitrogens with one attached hydrogen (secondary N) is 1. The maximum atomic E-state index is 12.8. The van der Waals surface area contributed by atoms with E-state index in [9.17, 15) is 4.79 Å². The molecule has 1 aromatic heterocycles. The highest BCUT2D eigenvalue weighted by Crippen LogP contribution is 2.27. The van der Waals surface area contributed by atoms with Crippen LogP contribution in [0.5, 0.6) is 11.5 Å². The van der Waals surface area contributed by atoms with Crippen molar-refractivity contribution in [3.05, 3.63) is 89.7 Å². The molecule has 33 heavy (non-hydrogen) atoms. The Morgan fingerprint density at radius 2 is 1.70 bits per heavy atom. The molecule has 0 bridgehead atoms. The Bertz CT molecular complexity index is 1300. The molecule has 4 aromatic rings. The van der Waals surface area contributed by atoms with Crippen LogP contribution in [0.2, 0.25) is 0 Å². The van der Waals surface area contributed by atoms with E-state index >= 15 is 0 Å². The van der Waals surface area contributed by atoms with E-state index < -0.39 is 0 Å². The average Bonchev–Trinajstić information content (AvgIpc) is 3.19. The van der Waals surface area contributed by atoms with Gasteiger partial charge in [0, 0.05) is 12.0 Å². The molecular formula is C26H26N4O3. The lowest BCUT2D eigenvalue weighted by Gasteiger charge is -2.10. The second-order valence-electron chi connectivity index (χ2n) is 7.57. The largest absolute Gasteiger partial charge is 0.493 e. The van der Waals surface area contributed by atoms with Crippen LogP contribution < -0.4 is 14.9 Å². The van der Waals surface area contributed by atoms with Crippen LogP contribution >= 0.6 is 0 Å². The lowest BCUT2D eigenvalue weighted by molar-refractivity contribution is -0.121. The zero-order chi connectivity index (χ0) is 23.2. The van der Waals surface area contributed by atoms with Crippen molar-refractivity contribution in [2.75, 3.05) is 14.2 Å². The molecule has 7 nitrogen and oxygen atoms in total. The van der Waals surface area contributed by atoms with Crippen molar-refractivity contribution >= 4 is 22.7 Å². The number of nitrogens with zero attached hydrogens (tertiary/aromatic N) is 3. The number of methoxy groups -OCH3 is 2. The van der Waals surface area contributed by atoms with Gasteiger partial charge < -0.3 is 14.0 Å². The van der Waals surface area contributed by atoms with Gasteiger partial charge in [-0.25, -0.2) is 10.4 Å². The number of aromatic nitrogens is 2. The number of para-hydroxylation sites is 2. The molecule has 1 heterocycles. The SMILES string of the molecule is COc1ccc(/C(C)=N/NC(=O)Cn2c(Cc3ccccc3)nc3ccccc32)cc1OC. The number of carbonyl (C=O) groups excluding carboxylic acids is 1. The van der Waals surface area contributed by atoms with E-state index in [4.69, 9.17) is 14.5 Å². The Kier molecular flexibility index (Phi) is 6.69. The molecule has 0 radical (unpaired) electrons. The normalized spacial score (nSPS) is 11.4. The number of rotatable bonds is 8. The summed E-state index contributed by atoms with van der Waals surface area (Å²) in [5, 5.41) is 4.29. The van der Waals surface area contributed by atoms with Crippen LogP contribution in [0.25, 0.3) is 11.0 Å². The number of fused-ring (bicyclic) bond motifs is 1. The third-order valence-corrected chi connectivity index (χ3v) is 5.39. The van der Waals surface area contributed by atoms with Crippen LogP contribution in [0.1, 0.15) is 23.9 Å². The van der Waals surface area contributed by atoms with Gasteiger partial charge in [0.2, 0.25) is 0 Å². The van der Waals surface area contributed by atoms with Crippen LogP contribution in [-0.4, -0.2) is 35.4 Å². The predicted molar refractivity (Wildman–Crippen MR) is 129 cm³/mol. The zero-order valence-electron chi connectivity index (χ0n) is 18.9. The summed E-state index contributed by atoms with van der Waals surface area (Å²) < 4.78 is 12.6. The van der Waals surface area contributed by atoms with Gasteiger partial charge in [0.1, 0.15) is 12.4 Å². The molecule has 1 N–H and O–H groups in total. The topological polar surface area (TPSA) is 77.7 Å². The molecule has 0 aliphatic heterocycles. The summed E-state index contributed by atoms with van der Waals surface area (Å²) in [5.41, 5.74) is 7.07. The van der Waals surface area contributed by atoms with E-state index in [1.165, 1.54) is 0 Å². The third-order valence-electron chi connectivity index (χ3n) is 5.39. The van der Waals surface area contributed by atoms with Crippen molar-refractivity contribution in [1.82, 2.24) is 15.0 Å². The van der Waals surface area contributed by atoms with Gasteiger partial charge in [-0.15, -0.1) is 0 Å². The van der Waals surface area contributed by atoms with Gasteiger partial charge in [0.25, 0.3) is 5.91 Å². The second-order valence-corrected chi connectivity index (χ2v) is 7.57. The van der Waals surface area contributed by atoms with Crippen molar-refractivity contribution in [2.24, 2.45) is 5.10 Å². The fourth-order valence-corrected chi connectivity index (χ4v) is 3.67. The first kappa shape index (κ1) is 22.1. The van der Waals surface area contributed by atoms with Crippen LogP contribution in [0.3, 0.4) is 0 Å². The predicted octanol–water partition coefficient (Wildman–Crippen LogP) is 4.18. The maximum Gasteiger partial charge on any atom is 0.260 e. The van der Waals surface area contributed by atoms with E-state index in [-0.39, 0.29) is 12.5 Å². The molecule has 0 atom stereocenters. The fourth-order valence-electron chi connectivity index (χ4n) is 3.67. The standard InChI is InChI=1S/C26H26N4O3/c1-18(20-13-14-23(32-2)24(16-20)33-3)28-29-26(31)17-30-22-12-8-7-11-21(22)27-25(30)15-19-9-5-4-6-10-19/h4-14,16H,15,17H2,1-3H3,(H,29,31)/b28-18+. The number of benzene rings is 3. The molecule has 0 aliphatic rings. The minimum absolute atomic E-state index is 0.116. The summed E-state index contributed by atoms with van der Waals surface area (Å²) in [5.74, 6) is 1.84. The Morgan fingerprint density at radius 1 is 0.970 bits per heavy atom. The monoisotopic (exact) mass is 442 g/mol. The summed E-state index contributed by atoms with van der Waals surface area (Å²) in [6.07, 6.45) is 0.636. The van der Waals surface area contributed by atoms with E-state index in [0.29, 0.717) is 23.6 Å². The summed E-state index contributed by atoms with van der Waals surface area (Å²) in [4.78, 5) is 17.6. The average molecular weight is 443 g/mol. The summed E-state index contributed by atoms with van der Waals surface area (Å²) in [7, 11) is 3.17. The molecule has 0 saturated carbocycles. The lowest BCUT2D eigenvalue weighted by atomic mass is 10.1. The van der Waals surface area contributed by atoms with Gasteiger partial charge in [0.05, 0.1) is 31.0 Å². The summed E-state index contributed by atoms with van der Waals surface area (Å²) in [6.45, 7) is 1.94. The van der Waals surface area contributed by atoms with Crippen molar-refractivity contribution < 1.29 is 14.3 Å². The zero-order valence-corrected chi connectivity index (χ0v) is 18.9. The van der Waals surface area contributed by atoms with Crippen LogP contribution in [0.4, 0.5) is 0 Å². The first-order valence-electron chi connectivity index (χ1n) is 10.6. The Morgan fingerprint density at radius 3 is 2.45 bits per heavy atom. The van der Waals surface area contributed by atoms with E-state index in [1.54, 1.807) is 14.2 Å². The van der Waals surface area contributed by atoms with Crippen LogP contribution in [-0.2, 0) is 17.8 Å². The van der Waals surface area contributed by atoms with E-state index in [1.807, 2.05) is 72.2 Å². The lowest BCUT2D eigenvalue weighted by Crippen LogP contribution is -2.25. The molecule has 0 unspecified atom stereocenters. The number of ether oxygens (including phenoxy) is 2. The van der Waals surface area contributed by atoms with Crippen molar-refractivity contribution in [1.29, 1.82) is 0 Å². The molecule has 0 spiro atoms. The fraction of sp³-hybridized carbons (Fsp3) is 0.192. The number of carbonyl (C=O) groups is 1. The highest BCUT2D eigenvalue weighted by Gasteiger charge is 2.14. The molecule has 0 saturated heterocycles. The number of amides is 1. The minimum atomic E-state index is -0.229. The molecule has 4 rings (SSSR count). The van der Waals surface area contributed by atoms with Crippen LogP contribution in [0.15, 0.2) is 77.9 Å². The first-order chi connectivity index (χ1) is 16.1. The molecule has 0 aliphatic carbocycles. The quantitative estimate of drug-likeness (QED) is 0.328. The molecule has 0 fully saturated rings. The van der Waals surface area contributed by atoms with E-state index in [0.717, 1.165) is 28.0 Å². The van der Waals surface area contributed by atoms with Crippen LogP contribution in [0, 0.1) is 0 Å². The van der Waals surface area contributed by atoms with Gasteiger partial charge in [-0.3, -0.25) is 4.79 Å². The maximum absolute atomic E-state index is 12.8. The third kappa shape index (κ3) is 5.03. The Labute approximate surface area is 192 Å². The first-order valence-corrected chi connectivity index (χ1v) is 10.6. The van der Waals surface area contributed by atoms with Gasteiger partial charge >= 0.3 is 0 Å². The van der Waals surface area contributed by atoms with Gasteiger partial charge in [-0.1, -0.05) is 42.5 Å². The smallest absolute Gasteiger partial charge is 0.260 e. The number of hydrogen-bond acceptors (Lipinski definition) is 5. The second kappa shape index (κ2) is 9.99. The summed E-state index contributed by atoms with van der Waals surface area (Å²) >= 11 is 0. The van der Waals surface area contributed by atoms with Gasteiger partial charge in [-0.05, 0) is 42.8 Å². The minimum Gasteiger partial charge on any atom is -0.493 e. The highest BCUT2D eigenvalue weighted by molar-refractivity contribution is 5.99. The molecular weight excluding hydrogens is 416 g/mol. The number of hydrazone groups is 1. The van der Waals surface area contributed by atoms with Gasteiger partial charge in [0.15, 0.2) is 11.5 Å². The highest BCUT2D eigenvalue weighted by atomic mass is 16.5. The molecule has 1 amide bonds. The van der Waals surface area contributed by atoms with Crippen molar-refractivity contribution in [3.8, 4) is 11.5 Å². The molecule has 3 aromatic carbocycles. The van der Waals surface area contributed by atoms with Crippen molar-refractivity contribution in [3.63, 3.8) is 0 Å². The van der Waals surface area contributed by atoms with E-state index in [2.05, 4.69) is 22.7 Å². The summed E-state index contributed by atoms with van der Waals surface area (Å²) in [6, 6.07) is 23.4. The molecule has 7 heteroatoms.